The van der Waals surface area contributed by atoms with Crippen LogP contribution in [0.2, 0.25) is 0 Å². The Morgan fingerprint density at radius 1 is 0.914 bits per heavy atom. The second-order valence-electron chi connectivity index (χ2n) is 7.96. The van der Waals surface area contributed by atoms with Gasteiger partial charge in [0.05, 0.1) is 25.5 Å². The minimum atomic E-state index is -0.791. The highest BCUT2D eigenvalue weighted by Crippen LogP contribution is 2.27. The number of nitrogens with one attached hydrogen (secondary N) is 3. The molecule has 0 spiro atoms. The topological polar surface area (TPSA) is 132 Å². The number of amides is 3. The fourth-order valence-corrected chi connectivity index (χ4v) is 3.74. The Labute approximate surface area is 203 Å². The van der Waals surface area contributed by atoms with Gasteiger partial charge in [-0.25, -0.2) is 0 Å². The lowest BCUT2D eigenvalue weighted by Crippen LogP contribution is -2.34. The van der Waals surface area contributed by atoms with Gasteiger partial charge in [-0.3, -0.25) is 19.2 Å². The normalized spacial score (nSPS) is 13.0. The average Bonchev–Trinajstić information content (AvgIpc) is 3.38. The highest BCUT2D eigenvalue weighted by Gasteiger charge is 2.20. The van der Waals surface area contributed by atoms with Gasteiger partial charge in [0.25, 0.3) is 17.7 Å². The van der Waals surface area contributed by atoms with E-state index < -0.39 is 30.9 Å². The molecule has 0 aliphatic heterocycles. The molecule has 0 aromatic heterocycles. The molecule has 0 heterocycles. The van der Waals surface area contributed by atoms with Crippen molar-refractivity contribution >= 4 is 29.4 Å². The lowest BCUT2D eigenvalue weighted by atomic mass is 10.1. The number of hydrogen-bond donors (Lipinski definition) is 3. The number of anilines is 1. The summed E-state index contributed by atoms with van der Waals surface area (Å²) < 4.78 is 15.2. The van der Waals surface area contributed by atoms with E-state index in [1.165, 1.54) is 26.4 Å². The highest BCUT2D eigenvalue weighted by molar-refractivity contribution is 6.04. The SMILES string of the molecule is COc1ccc(C(=O)NCC(=O)OCC(=O)Nc2ccccc2C(=O)NC2CCCC2)cc1OC. The first-order valence-electron chi connectivity index (χ1n) is 11.3. The predicted molar refractivity (Wildman–Crippen MR) is 128 cm³/mol. The van der Waals surface area contributed by atoms with Crippen LogP contribution in [0.15, 0.2) is 42.5 Å². The summed E-state index contributed by atoms with van der Waals surface area (Å²) in [5, 5.41) is 8.00. The minimum absolute atomic E-state index is 0.140. The highest BCUT2D eigenvalue weighted by atomic mass is 16.5. The van der Waals surface area contributed by atoms with Crippen molar-refractivity contribution in [2.45, 2.75) is 31.7 Å². The molecule has 186 valence electrons. The maximum absolute atomic E-state index is 12.6. The van der Waals surface area contributed by atoms with Crippen LogP contribution in [-0.2, 0) is 14.3 Å². The van der Waals surface area contributed by atoms with Gasteiger partial charge in [0, 0.05) is 11.6 Å². The van der Waals surface area contributed by atoms with E-state index in [1.807, 2.05) is 0 Å². The van der Waals surface area contributed by atoms with Crippen LogP contribution in [0.4, 0.5) is 5.69 Å². The molecular formula is C25H29N3O7. The minimum Gasteiger partial charge on any atom is -0.493 e. The molecule has 3 amide bonds. The van der Waals surface area contributed by atoms with Crippen molar-refractivity contribution in [1.82, 2.24) is 10.6 Å². The van der Waals surface area contributed by atoms with E-state index in [4.69, 9.17) is 14.2 Å². The van der Waals surface area contributed by atoms with Crippen LogP contribution in [-0.4, -0.2) is 57.1 Å². The maximum Gasteiger partial charge on any atom is 0.325 e. The van der Waals surface area contributed by atoms with Crippen molar-refractivity contribution in [2.75, 3.05) is 32.7 Å². The summed E-state index contributed by atoms with van der Waals surface area (Å²) in [6, 6.07) is 11.3. The van der Waals surface area contributed by atoms with E-state index in [1.54, 1.807) is 30.3 Å². The molecule has 0 radical (unpaired) electrons. The second kappa shape index (κ2) is 12.4. The molecule has 1 saturated carbocycles. The van der Waals surface area contributed by atoms with Crippen molar-refractivity contribution in [3.8, 4) is 11.5 Å². The number of para-hydroxylation sites is 1. The van der Waals surface area contributed by atoms with E-state index in [0.717, 1.165) is 25.7 Å². The molecule has 1 aliphatic carbocycles. The molecule has 10 nitrogen and oxygen atoms in total. The second-order valence-corrected chi connectivity index (χ2v) is 7.96. The number of rotatable bonds is 10. The summed E-state index contributed by atoms with van der Waals surface area (Å²) in [5.74, 6) is -1.34. The molecule has 0 saturated heterocycles. The van der Waals surface area contributed by atoms with Crippen LogP contribution < -0.4 is 25.4 Å². The summed E-state index contributed by atoms with van der Waals surface area (Å²) in [6.07, 6.45) is 4.06. The van der Waals surface area contributed by atoms with Gasteiger partial charge in [-0.2, -0.15) is 0 Å². The summed E-state index contributed by atoms with van der Waals surface area (Å²) in [6.45, 7) is -0.996. The third-order valence-corrected chi connectivity index (χ3v) is 5.54. The van der Waals surface area contributed by atoms with Crippen LogP contribution in [0.1, 0.15) is 46.4 Å². The Kier molecular flexibility index (Phi) is 9.05. The fourth-order valence-electron chi connectivity index (χ4n) is 3.74. The lowest BCUT2D eigenvalue weighted by molar-refractivity contribution is -0.146. The fraction of sp³-hybridized carbons (Fsp3) is 0.360. The van der Waals surface area contributed by atoms with E-state index in [2.05, 4.69) is 16.0 Å². The van der Waals surface area contributed by atoms with Gasteiger partial charge in [-0.1, -0.05) is 25.0 Å². The summed E-state index contributed by atoms with van der Waals surface area (Å²) in [5.41, 5.74) is 0.924. The largest absolute Gasteiger partial charge is 0.493 e. The van der Waals surface area contributed by atoms with Crippen molar-refractivity contribution in [3.05, 3.63) is 53.6 Å². The molecule has 3 rings (SSSR count). The molecule has 35 heavy (non-hydrogen) atoms. The van der Waals surface area contributed by atoms with Crippen LogP contribution in [0, 0.1) is 0 Å². The Balaban J connectivity index is 1.46. The van der Waals surface area contributed by atoms with Crippen LogP contribution in [0.3, 0.4) is 0 Å². The van der Waals surface area contributed by atoms with Gasteiger partial charge in [0.1, 0.15) is 6.54 Å². The smallest absolute Gasteiger partial charge is 0.325 e. The lowest BCUT2D eigenvalue weighted by Gasteiger charge is -2.15. The number of benzene rings is 2. The third kappa shape index (κ3) is 7.20. The van der Waals surface area contributed by atoms with Crippen LogP contribution in [0.5, 0.6) is 11.5 Å². The molecule has 10 heteroatoms. The van der Waals surface area contributed by atoms with Crippen molar-refractivity contribution < 1.29 is 33.4 Å². The van der Waals surface area contributed by atoms with E-state index in [0.29, 0.717) is 22.7 Å². The molecule has 1 fully saturated rings. The van der Waals surface area contributed by atoms with E-state index in [9.17, 15) is 19.2 Å². The zero-order valence-electron chi connectivity index (χ0n) is 19.7. The van der Waals surface area contributed by atoms with Crippen LogP contribution in [0.25, 0.3) is 0 Å². The number of esters is 1. The van der Waals surface area contributed by atoms with Crippen molar-refractivity contribution in [2.24, 2.45) is 0 Å². The standard InChI is InChI=1S/C25H29N3O7/c1-33-20-12-11-16(13-21(20)34-2)24(31)26-14-23(30)35-15-22(29)28-19-10-6-5-9-18(19)25(32)27-17-7-3-4-8-17/h5-6,9-13,17H,3-4,7-8,14-15H2,1-2H3,(H,26,31)(H,27,32)(H,28,29). The van der Waals surface area contributed by atoms with Gasteiger partial charge >= 0.3 is 5.97 Å². The van der Waals surface area contributed by atoms with Gasteiger partial charge in [-0.15, -0.1) is 0 Å². The number of hydrogen-bond acceptors (Lipinski definition) is 7. The maximum atomic E-state index is 12.6. The first kappa shape index (κ1) is 25.5. The molecule has 2 aromatic carbocycles. The Hall–Kier alpha value is -4.08. The molecule has 2 aromatic rings. The van der Waals surface area contributed by atoms with Crippen molar-refractivity contribution in [3.63, 3.8) is 0 Å². The number of ether oxygens (including phenoxy) is 3. The number of carbonyl (C=O) groups is 4. The average molecular weight is 484 g/mol. The number of carbonyl (C=O) groups excluding carboxylic acids is 4. The van der Waals surface area contributed by atoms with Gasteiger partial charge in [0.15, 0.2) is 18.1 Å². The summed E-state index contributed by atoms with van der Waals surface area (Å²) in [4.78, 5) is 49.2. The van der Waals surface area contributed by atoms with Gasteiger partial charge < -0.3 is 30.2 Å². The molecule has 0 atom stereocenters. The number of methoxy groups -OCH3 is 2. The predicted octanol–water partition coefficient (Wildman–Crippen LogP) is 2.29. The third-order valence-electron chi connectivity index (χ3n) is 5.54. The Morgan fingerprint density at radius 3 is 2.34 bits per heavy atom. The summed E-state index contributed by atoms with van der Waals surface area (Å²) >= 11 is 0. The first-order chi connectivity index (χ1) is 16.9. The molecule has 3 N–H and O–H groups in total. The first-order valence-corrected chi connectivity index (χ1v) is 11.3. The van der Waals surface area contributed by atoms with E-state index >= 15 is 0 Å². The molecule has 0 unspecified atom stereocenters. The molecular weight excluding hydrogens is 454 g/mol. The Bertz CT molecular complexity index is 1080. The zero-order chi connectivity index (χ0) is 25.2. The van der Waals surface area contributed by atoms with Crippen LogP contribution >= 0.6 is 0 Å². The van der Waals surface area contributed by atoms with Crippen molar-refractivity contribution in [1.29, 1.82) is 0 Å². The monoisotopic (exact) mass is 483 g/mol. The molecule has 1 aliphatic rings. The van der Waals surface area contributed by atoms with E-state index in [-0.39, 0.29) is 17.5 Å². The zero-order valence-corrected chi connectivity index (χ0v) is 19.7. The quantitative estimate of drug-likeness (QED) is 0.442. The van der Waals surface area contributed by atoms with Gasteiger partial charge in [0.2, 0.25) is 0 Å². The van der Waals surface area contributed by atoms with Gasteiger partial charge in [-0.05, 0) is 43.2 Å². The summed E-state index contributed by atoms with van der Waals surface area (Å²) in [7, 11) is 2.93. The Morgan fingerprint density at radius 2 is 1.63 bits per heavy atom. The molecule has 0 bridgehead atoms.